The van der Waals surface area contributed by atoms with Crippen molar-refractivity contribution in [1.29, 1.82) is 0 Å². The number of aryl methyl sites for hydroxylation is 1. The van der Waals surface area contributed by atoms with E-state index in [2.05, 4.69) is 4.98 Å². The van der Waals surface area contributed by atoms with Crippen molar-refractivity contribution < 1.29 is 9.90 Å². The van der Waals surface area contributed by atoms with E-state index < -0.39 is 17.2 Å². The molecule has 142 valence electrons. The van der Waals surface area contributed by atoms with Crippen LogP contribution in [0.25, 0.3) is 0 Å². The largest absolute Gasteiger partial charge is 0.395 e. The lowest BCUT2D eigenvalue weighted by Gasteiger charge is -2.57. The van der Waals surface area contributed by atoms with Crippen molar-refractivity contribution in [1.82, 2.24) is 14.5 Å². The van der Waals surface area contributed by atoms with Crippen LogP contribution in [0.2, 0.25) is 0 Å². The molecule has 4 aliphatic carbocycles. The maximum absolute atomic E-state index is 13.0. The summed E-state index contributed by atoms with van der Waals surface area (Å²) in [5, 5.41) is 9.48. The number of nitrogens with zero attached hydrogens (tertiary/aromatic N) is 2. The van der Waals surface area contributed by atoms with Gasteiger partial charge in [-0.15, -0.1) is 0 Å². The Labute approximate surface area is 152 Å². The number of aromatic amines is 1. The van der Waals surface area contributed by atoms with Gasteiger partial charge in [-0.05, 0) is 61.7 Å². The lowest BCUT2D eigenvalue weighted by atomic mass is 9.49. The van der Waals surface area contributed by atoms with Gasteiger partial charge in [0.15, 0.2) is 0 Å². The molecule has 0 saturated heterocycles. The zero-order chi connectivity index (χ0) is 18.5. The topological polar surface area (TPSA) is 95.4 Å². The van der Waals surface area contributed by atoms with E-state index in [1.807, 2.05) is 0 Å². The maximum atomic E-state index is 13.0. The molecule has 26 heavy (non-hydrogen) atoms. The molecule has 0 aliphatic heterocycles. The van der Waals surface area contributed by atoms with Crippen LogP contribution in [-0.4, -0.2) is 45.2 Å². The Bertz CT molecular complexity index is 790. The molecule has 4 aliphatic rings. The van der Waals surface area contributed by atoms with Gasteiger partial charge in [0.1, 0.15) is 5.56 Å². The standard InChI is InChI=1S/C19H27N3O4/c1-21-10-15(16(24)20-18(21)26)17(25)22(2-3-23)11-19-7-12-4-13(8-19)6-14(5-12)9-19/h10,12-14,23H,2-9,11H2,1H3,(H,20,24,26). The second-order valence-corrected chi connectivity index (χ2v) is 8.78. The van der Waals surface area contributed by atoms with Crippen LogP contribution in [0, 0.1) is 23.2 Å². The zero-order valence-electron chi connectivity index (χ0n) is 15.2. The Balaban J connectivity index is 1.60. The first kappa shape index (κ1) is 17.5. The molecule has 0 unspecified atom stereocenters. The van der Waals surface area contributed by atoms with Crippen molar-refractivity contribution in [2.24, 2.45) is 30.2 Å². The zero-order valence-corrected chi connectivity index (χ0v) is 15.2. The molecule has 0 spiro atoms. The van der Waals surface area contributed by atoms with Gasteiger partial charge in [-0.25, -0.2) is 4.79 Å². The Morgan fingerprint density at radius 1 is 1.23 bits per heavy atom. The van der Waals surface area contributed by atoms with Crippen LogP contribution < -0.4 is 11.2 Å². The molecule has 0 aromatic carbocycles. The summed E-state index contributed by atoms with van der Waals surface area (Å²) >= 11 is 0. The van der Waals surface area contributed by atoms with Crippen molar-refractivity contribution in [3.63, 3.8) is 0 Å². The van der Waals surface area contributed by atoms with Gasteiger partial charge in [-0.2, -0.15) is 0 Å². The van der Waals surface area contributed by atoms with Gasteiger partial charge in [0.2, 0.25) is 0 Å². The Kier molecular flexibility index (Phi) is 4.29. The lowest BCUT2D eigenvalue weighted by Crippen LogP contribution is -2.53. The molecule has 0 radical (unpaired) electrons. The minimum absolute atomic E-state index is 0.0368. The summed E-state index contributed by atoms with van der Waals surface area (Å²) in [6.07, 6.45) is 8.73. The second kappa shape index (κ2) is 6.37. The molecule has 4 bridgehead atoms. The van der Waals surface area contributed by atoms with Crippen LogP contribution in [0.5, 0.6) is 0 Å². The van der Waals surface area contributed by atoms with E-state index in [4.69, 9.17) is 0 Å². The Hall–Kier alpha value is -1.89. The summed E-state index contributed by atoms with van der Waals surface area (Å²) in [5.41, 5.74) is -1.11. The van der Waals surface area contributed by atoms with E-state index >= 15 is 0 Å². The molecular weight excluding hydrogens is 334 g/mol. The number of aliphatic hydroxyl groups is 1. The highest BCUT2D eigenvalue weighted by atomic mass is 16.3. The van der Waals surface area contributed by atoms with Crippen molar-refractivity contribution in [3.8, 4) is 0 Å². The summed E-state index contributed by atoms with van der Waals surface area (Å²) in [5.74, 6) is 1.92. The van der Waals surface area contributed by atoms with E-state index in [1.165, 1.54) is 37.1 Å². The van der Waals surface area contributed by atoms with Gasteiger partial charge in [-0.1, -0.05) is 0 Å². The number of aromatic nitrogens is 2. The molecule has 1 aromatic heterocycles. The number of carbonyl (C=O) groups is 1. The number of carbonyl (C=O) groups excluding carboxylic acids is 1. The number of hydrogen-bond acceptors (Lipinski definition) is 4. The van der Waals surface area contributed by atoms with Crippen LogP contribution in [0.3, 0.4) is 0 Å². The number of amides is 1. The van der Waals surface area contributed by atoms with Gasteiger partial charge in [-0.3, -0.25) is 14.6 Å². The van der Waals surface area contributed by atoms with E-state index in [9.17, 15) is 19.5 Å². The first-order valence-electron chi connectivity index (χ1n) is 9.59. The van der Waals surface area contributed by atoms with E-state index in [0.29, 0.717) is 6.54 Å². The van der Waals surface area contributed by atoms with Crippen molar-refractivity contribution in [3.05, 3.63) is 32.6 Å². The third-order valence-corrected chi connectivity index (χ3v) is 6.69. The van der Waals surface area contributed by atoms with E-state index in [1.54, 1.807) is 4.90 Å². The first-order chi connectivity index (χ1) is 12.4. The summed E-state index contributed by atoms with van der Waals surface area (Å²) in [7, 11) is 1.50. The summed E-state index contributed by atoms with van der Waals surface area (Å²) in [4.78, 5) is 40.5. The Morgan fingerprint density at radius 2 is 1.81 bits per heavy atom. The highest BCUT2D eigenvalue weighted by molar-refractivity contribution is 5.93. The Morgan fingerprint density at radius 3 is 2.35 bits per heavy atom. The molecule has 7 heteroatoms. The first-order valence-corrected chi connectivity index (χ1v) is 9.59. The number of nitrogens with one attached hydrogen (secondary N) is 1. The fraction of sp³-hybridized carbons (Fsp3) is 0.737. The van der Waals surface area contributed by atoms with Gasteiger partial charge in [0.25, 0.3) is 11.5 Å². The van der Waals surface area contributed by atoms with Gasteiger partial charge in [0, 0.05) is 26.3 Å². The molecule has 5 rings (SSSR count). The predicted octanol–water partition coefficient (Wildman–Crippen LogP) is 0.724. The monoisotopic (exact) mass is 361 g/mol. The van der Waals surface area contributed by atoms with Crippen LogP contribution in [0.15, 0.2) is 15.8 Å². The molecule has 2 N–H and O–H groups in total. The van der Waals surface area contributed by atoms with Crippen molar-refractivity contribution >= 4 is 5.91 Å². The van der Waals surface area contributed by atoms with Gasteiger partial charge >= 0.3 is 5.69 Å². The minimum atomic E-state index is -0.661. The molecule has 4 saturated carbocycles. The van der Waals surface area contributed by atoms with E-state index in [-0.39, 0.29) is 24.1 Å². The van der Waals surface area contributed by atoms with Crippen LogP contribution >= 0.6 is 0 Å². The molecule has 1 aromatic rings. The van der Waals surface area contributed by atoms with Crippen molar-refractivity contribution in [2.45, 2.75) is 38.5 Å². The second-order valence-electron chi connectivity index (χ2n) is 8.78. The fourth-order valence-corrected chi connectivity index (χ4v) is 6.15. The summed E-state index contributed by atoms with van der Waals surface area (Å²) in [6.45, 7) is 0.669. The third-order valence-electron chi connectivity index (χ3n) is 6.69. The number of hydrogen-bond donors (Lipinski definition) is 2. The highest BCUT2D eigenvalue weighted by Crippen LogP contribution is 2.60. The third kappa shape index (κ3) is 3.02. The molecule has 1 heterocycles. The molecular formula is C19H27N3O4. The number of H-pyrrole nitrogens is 1. The van der Waals surface area contributed by atoms with E-state index in [0.717, 1.165) is 37.0 Å². The fourth-order valence-electron chi connectivity index (χ4n) is 6.15. The predicted molar refractivity (Wildman–Crippen MR) is 95.9 cm³/mol. The molecule has 0 atom stereocenters. The van der Waals surface area contributed by atoms with Gasteiger partial charge in [0.05, 0.1) is 6.61 Å². The average molecular weight is 361 g/mol. The smallest absolute Gasteiger partial charge is 0.328 e. The summed E-state index contributed by atoms with van der Waals surface area (Å²) < 4.78 is 1.20. The van der Waals surface area contributed by atoms with Crippen LogP contribution in [0.4, 0.5) is 0 Å². The van der Waals surface area contributed by atoms with Crippen LogP contribution in [-0.2, 0) is 7.05 Å². The number of rotatable bonds is 5. The molecule has 1 amide bonds. The average Bonchev–Trinajstić information content (AvgIpc) is 2.56. The van der Waals surface area contributed by atoms with Crippen LogP contribution in [0.1, 0.15) is 48.9 Å². The van der Waals surface area contributed by atoms with Gasteiger partial charge < -0.3 is 14.6 Å². The highest BCUT2D eigenvalue weighted by Gasteiger charge is 2.51. The molecule has 4 fully saturated rings. The normalized spacial score (nSPS) is 32.0. The minimum Gasteiger partial charge on any atom is -0.395 e. The summed E-state index contributed by atoms with van der Waals surface area (Å²) in [6, 6.07) is 0. The SMILES string of the molecule is Cn1cc(C(=O)N(CCO)CC23CC4CC(CC(C4)C2)C3)c(=O)[nH]c1=O. The quantitative estimate of drug-likeness (QED) is 0.808. The number of aliphatic hydroxyl groups excluding tert-OH is 1. The maximum Gasteiger partial charge on any atom is 0.328 e. The lowest BCUT2D eigenvalue weighted by molar-refractivity contribution is -0.0662. The van der Waals surface area contributed by atoms with Crippen molar-refractivity contribution in [2.75, 3.05) is 19.7 Å². The molecule has 7 nitrogen and oxygen atoms in total.